The fourth-order valence-electron chi connectivity index (χ4n) is 0.647. The predicted octanol–water partition coefficient (Wildman–Crippen LogP) is -0.0612. The van der Waals surface area contributed by atoms with Crippen molar-refractivity contribution in [1.29, 1.82) is 0 Å². The summed E-state index contributed by atoms with van der Waals surface area (Å²) >= 11 is 0. The summed E-state index contributed by atoms with van der Waals surface area (Å²) in [5, 5.41) is 8.20. The molecule has 0 radical (unpaired) electrons. The molecule has 1 aromatic rings. The van der Waals surface area contributed by atoms with E-state index >= 15 is 0 Å². The van der Waals surface area contributed by atoms with Crippen molar-refractivity contribution in [3.8, 4) is 11.8 Å². The second kappa shape index (κ2) is 5.44. The molecule has 2 nitrogen and oxygen atoms in total. The molecule has 1 N–H and O–H groups in total. The van der Waals surface area contributed by atoms with Gasteiger partial charge in [-0.15, -0.1) is 0 Å². The third kappa shape index (κ3) is 3.83. The van der Waals surface area contributed by atoms with Gasteiger partial charge in [0.05, 0.1) is 0 Å². The summed E-state index contributed by atoms with van der Waals surface area (Å²) in [5.41, 5.74) is 0.718. The van der Waals surface area contributed by atoms with E-state index in [0.29, 0.717) is 0 Å². The maximum absolute atomic E-state index is 10.00. The lowest BCUT2D eigenvalue weighted by atomic mass is 10.2. The molecular formula is C9H9AlO2. The molecule has 1 aromatic carbocycles. The maximum atomic E-state index is 10.00. The number of carboxylic acid groups (broad SMARTS) is 1. The van der Waals surface area contributed by atoms with Gasteiger partial charge in [-0.05, 0) is 12.1 Å². The minimum Gasteiger partial charge on any atom is -0.472 e. The number of hydrogen-bond donors (Lipinski definition) is 1. The van der Waals surface area contributed by atoms with Crippen molar-refractivity contribution >= 4 is 23.3 Å². The average Bonchev–Trinajstić information content (AvgIpc) is 2.03. The summed E-state index contributed by atoms with van der Waals surface area (Å²) in [7, 11) is 0. The van der Waals surface area contributed by atoms with E-state index in [1.807, 2.05) is 24.1 Å². The smallest absolute Gasteiger partial charge is 0.382 e. The summed E-state index contributed by atoms with van der Waals surface area (Å²) in [6, 6.07) is 9.00. The third-order valence-electron chi connectivity index (χ3n) is 1.09. The lowest BCUT2D eigenvalue weighted by Crippen LogP contribution is -1.86. The van der Waals surface area contributed by atoms with Gasteiger partial charge in [-0.2, -0.15) is 0 Å². The fraction of sp³-hybridized carbons (Fsp3) is 0. The van der Waals surface area contributed by atoms with E-state index in [0.717, 1.165) is 5.56 Å². The maximum Gasteiger partial charge on any atom is 0.382 e. The number of rotatable bonds is 0. The van der Waals surface area contributed by atoms with Crippen LogP contribution in [0.2, 0.25) is 0 Å². The highest BCUT2D eigenvalue weighted by atomic mass is 27.0. The fourth-order valence-corrected chi connectivity index (χ4v) is 0.647. The lowest BCUT2D eigenvalue weighted by Gasteiger charge is -1.83. The molecule has 0 amide bonds. The molecule has 0 heterocycles. The molecular weight excluding hydrogens is 167 g/mol. The van der Waals surface area contributed by atoms with Crippen molar-refractivity contribution in [2.75, 3.05) is 0 Å². The van der Waals surface area contributed by atoms with E-state index in [1.54, 1.807) is 12.1 Å². The van der Waals surface area contributed by atoms with Crippen LogP contribution >= 0.6 is 0 Å². The average molecular weight is 176 g/mol. The first-order chi connectivity index (χ1) is 5.29. The number of aliphatic carboxylic acids is 1. The van der Waals surface area contributed by atoms with Crippen LogP contribution in [-0.2, 0) is 4.79 Å². The Kier molecular flexibility index (Phi) is 4.88. The van der Waals surface area contributed by atoms with Crippen molar-refractivity contribution < 1.29 is 9.90 Å². The molecule has 0 aliphatic carbocycles. The molecule has 0 aliphatic rings. The standard InChI is InChI=1S/C9H6O2.Al.3H/c10-9(11)7-6-8-4-2-1-3-5-8;;;;/h1-5H,(H,10,11);;;;. The van der Waals surface area contributed by atoms with Crippen LogP contribution in [0.3, 0.4) is 0 Å². The monoisotopic (exact) mass is 176 g/mol. The summed E-state index contributed by atoms with van der Waals surface area (Å²) in [6.45, 7) is 0. The largest absolute Gasteiger partial charge is 0.472 e. The van der Waals surface area contributed by atoms with Gasteiger partial charge in [0.15, 0.2) is 17.4 Å². The molecule has 12 heavy (non-hydrogen) atoms. The molecule has 0 atom stereocenters. The van der Waals surface area contributed by atoms with Gasteiger partial charge in [-0.1, -0.05) is 24.1 Å². The quantitative estimate of drug-likeness (QED) is 0.444. The van der Waals surface area contributed by atoms with Crippen molar-refractivity contribution in [3.05, 3.63) is 35.9 Å². The zero-order valence-corrected chi connectivity index (χ0v) is 5.74. The number of carbonyl (C=O) groups is 1. The number of hydrogen-bond acceptors (Lipinski definition) is 1. The van der Waals surface area contributed by atoms with Crippen LogP contribution in [0.5, 0.6) is 0 Å². The normalized spacial score (nSPS) is 7.33. The van der Waals surface area contributed by atoms with E-state index in [4.69, 9.17) is 5.11 Å². The zero-order valence-electron chi connectivity index (χ0n) is 5.74. The molecule has 0 saturated carbocycles. The van der Waals surface area contributed by atoms with Crippen molar-refractivity contribution in [1.82, 2.24) is 0 Å². The third-order valence-corrected chi connectivity index (χ3v) is 1.09. The molecule has 0 aliphatic heterocycles. The summed E-state index contributed by atoms with van der Waals surface area (Å²) in [6.07, 6.45) is 0. The first-order valence-corrected chi connectivity index (χ1v) is 3.09. The van der Waals surface area contributed by atoms with Gasteiger partial charge >= 0.3 is 5.97 Å². The predicted molar refractivity (Wildman–Crippen MR) is 50.9 cm³/mol. The Morgan fingerprint density at radius 2 is 1.83 bits per heavy atom. The Balaban J connectivity index is 0.00000121. The van der Waals surface area contributed by atoms with Crippen LogP contribution in [0, 0.1) is 11.8 Å². The lowest BCUT2D eigenvalue weighted by molar-refractivity contribution is -0.130. The van der Waals surface area contributed by atoms with E-state index < -0.39 is 5.97 Å². The van der Waals surface area contributed by atoms with E-state index in [2.05, 4.69) is 5.92 Å². The van der Waals surface area contributed by atoms with E-state index in [9.17, 15) is 4.79 Å². The minimum absolute atomic E-state index is 0. The number of carboxylic acids is 1. The number of benzene rings is 1. The van der Waals surface area contributed by atoms with E-state index in [-0.39, 0.29) is 17.4 Å². The highest BCUT2D eigenvalue weighted by molar-refractivity contribution is 5.87. The van der Waals surface area contributed by atoms with Crippen molar-refractivity contribution in [2.45, 2.75) is 0 Å². The molecule has 0 unspecified atom stereocenters. The van der Waals surface area contributed by atoms with Crippen molar-refractivity contribution in [2.24, 2.45) is 0 Å². The highest BCUT2D eigenvalue weighted by Crippen LogP contribution is 1.93. The zero-order chi connectivity index (χ0) is 8.10. The highest BCUT2D eigenvalue weighted by Gasteiger charge is 1.84. The van der Waals surface area contributed by atoms with Gasteiger partial charge in [-0.3, -0.25) is 0 Å². The Bertz CT molecular complexity index is 308. The molecule has 0 aromatic heterocycles. The first-order valence-electron chi connectivity index (χ1n) is 3.09. The minimum atomic E-state index is -1.10. The van der Waals surface area contributed by atoms with Gasteiger partial charge in [-0.25, -0.2) is 4.79 Å². The molecule has 0 spiro atoms. The van der Waals surface area contributed by atoms with Crippen molar-refractivity contribution in [3.63, 3.8) is 0 Å². The summed E-state index contributed by atoms with van der Waals surface area (Å²) in [4.78, 5) is 10.00. The SMILES string of the molecule is O=C(O)C#Cc1ccccc1.[AlH3]. The Morgan fingerprint density at radius 3 is 2.33 bits per heavy atom. The molecule has 0 bridgehead atoms. The van der Waals surface area contributed by atoms with Gasteiger partial charge in [0, 0.05) is 11.5 Å². The molecule has 60 valence electrons. The molecule has 0 fully saturated rings. The van der Waals surface area contributed by atoms with Crippen LogP contribution < -0.4 is 0 Å². The van der Waals surface area contributed by atoms with Crippen LogP contribution in [0.4, 0.5) is 0 Å². The topological polar surface area (TPSA) is 37.3 Å². The van der Waals surface area contributed by atoms with Gasteiger partial charge in [0.2, 0.25) is 0 Å². The molecule has 0 saturated heterocycles. The van der Waals surface area contributed by atoms with Crippen LogP contribution in [-0.4, -0.2) is 28.4 Å². The van der Waals surface area contributed by atoms with Crippen LogP contribution in [0.1, 0.15) is 5.56 Å². The second-order valence-corrected chi connectivity index (χ2v) is 1.92. The summed E-state index contributed by atoms with van der Waals surface area (Å²) in [5.74, 6) is 3.42. The first kappa shape index (κ1) is 10.8. The van der Waals surface area contributed by atoms with Crippen LogP contribution in [0.25, 0.3) is 0 Å². The van der Waals surface area contributed by atoms with E-state index in [1.165, 1.54) is 0 Å². The summed E-state index contributed by atoms with van der Waals surface area (Å²) < 4.78 is 0. The molecule has 3 heteroatoms. The van der Waals surface area contributed by atoms with Gasteiger partial charge in [0.25, 0.3) is 0 Å². The van der Waals surface area contributed by atoms with Crippen LogP contribution in [0.15, 0.2) is 30.3 Å². The van der Waals surface area contributed by atoms with Gasteiger partial charge < -0.3 is 5.11 Å². The van der Waals surface area contributed by atoms with Gasteiger partial charge in [0.1, 0.15) is 0 Å². The molecule has 1 rings (SSSR count). The Hall–Kier alpha value is -1.22. The Labute approximate surface area is 81.4 Å². The Morgan fingerprint density at radius 1 is 1.25 bits per heavy atom. The second-order valence-electron chi connectivity index (χ2n) is 1.92.